The SMILES string of the molecule is CC.CCCC(C)(C)Cc1cc(CC)ccc1-c1cccc(C(C)(C)O)c1. The fourth-order valence-corrected chi connectivity index (χ4v) is 3.64. The predicted molar refractivity (Wildman–Crippen MR) is 120 cm³/mol. The standard InChI is InChI=1S/C24H34O.C2H6/c1-7-14-23(3,4)17-20-15-18(8-2)12-13-22(20)19-10-9-11-21(16-19)24(5,6)25;1-2/h9-13,15-16,25H,7-8,14,17H2,1-6H3;1-2H3. The number of rotatable bonds is 7. The highest BCUT2D eigenvalue weighted by Gasteiger charge is 2.21. The highest BCUT2D eigenvalue weighted by Crippen LogP contribution is 2.34. The number of aliphatic hydroxyl groups is 1. The van der Waals surface area contributed by atoms with Crippen LogP contribution in [0.25, 0.3) is 11.1 Å². The summed E-state index contributed by atoms with van der Waals surface area (Å²) in [5, 5.41) is 10.4. The van der Waals surface area contributed by atoms with Gasteiger partial charge in [-0.2, -0.15) is 0 Å². The second kappa shape index (κ2) is 10.1. The minimum absolute atomic E-state index is 0.295. The Kier molecular flexibility index (Phi) is 8.75. The van der Waals surface area contributed by atoms with Gasteiger partial charge in [0, 0.05) is 0 Å². The zero-order chi connectivity index (χ0) is 20.7. The minimum atomic E-state index is -0.818. The van der Waals surface area contributed by atoms with Gasteiger partial charge in [0.2, 0.25) is 0 Å². The molecule has 1 heteroatoms. The Hall–Kier alpha value is -1.60. The minimum Gasteiger partial charge on any atom is -0.386 e. The summed E-state index contributed by atoms with van der Waals surface area (Å²) in [5.41, 5.74) is 5.75. The molecular weight excluding hydrogens is 328 g/mol. The first-order valence-electron chi connectivity index (χ1n) is 10.6. The van der Waals surface area contributed by atoms with E-state index in [2.05, 4.69) is 64.1 Å². The van der Waals surface area contributed by atoms with Crippen molar-refractivity contribution in [2.24, 2.45) is 5.41 Å². The maximum atomic E-state index is 10.4. The Labute approximate surface area is 167 Å². The van der Waals surface area contributed by atoms with Gasteiger partial charge >= 0.3 is 0 Å². The zero-order valence-corrected chi connectivity index (χ0v) is 18.8. The number of benzene rings is 2. The van der Waals surface area contributed by atoms with E-state index in [4.69, 9.17) is 0 Å². The summed E-state index contributed by atoms with van der Waals surface area (Å²) in [6.45, 7) is 16.9. The third-order valence-electron chi connectivity index (χ3n) is 5.05. The van der Waals surface area contributed by atoms with Gasteiger partial charge in [-0.25, -0.2) is 0 Å². The van der Waals surface area contributed by atoms with E-state index in [9.17, 15) is 5.11 Å². The molecule has 0 aliphatic carbocycles. The fourth-order valence-electron chi connectivity index (χ4n) is 3.64. The van der Waals surface area contributed by atoms with Crippen molar-refractivity contribution < 1.29 is 5.11 Å². The molecule has 2 aromatic rings. The Morgan fingerprint density at radius 1 is 0.889 bits per heavy atom. The molecule has 2 rings (SSSR count). The van der Waals surface area contributed by atoms with Crippen LogP contribution in [-0.4, -0.2) is 5.11 Å². The van der Waals surface area contributed by atoms with Crippen LogP contribution in [-0.2, 0) is 18.4 Å². The monoisotopic (exact) mass is 368 g/mol. The first kappa shape index (κ1) is 23.4. The van der Waals surface area contributed by atoms with Gasteiger partial charge in [0.05, 0.1) is 5.60 Å². The molecule has 0 aliphatic heterocycles. The summed E-state index contributed by atoms with van der Waals surface area (Å²) in [6.07, 6.45) is 4.58. The summed E-state index contributed by atoms with van der Waals surface area (Å²) in [6, 6.07) is 15.2. The molecule has 0 heterocycles. The summed E-state index contributed by atoms with van der Waals surface area (Å²) >= 11 is 0. The van der Waals surface area contributed by atoms with E-state index < -0.39 is 5.60 Å². The molecule has 0 amide bonds. The van der Waals surface area contributed by atoms with Gasteiger partial charge in [-0.05, 0) is 72.4 Å². The number of hydrogen-bond acceptors (Lipinski definition) is 1. The van der Waals surface area contributed by atoms with Crippen LogP contribution in [0.5, 0.6) is 0 Å². The van der Waals surface area contributed by atoms with E-state index in [0.717, 1.165) is 18.4 Å². The van der Waals surface area contributed by atoms with Gasteiger partial charge in [-0.1, -0.05) is 84.4 Å². The molecule has 0 radical (unpaired) electrons. The van der Waals surface area contributed by atoms with Crippen molar-refractivity contribution in [3.8, 4) is 11.1 Å². The third kappa shape index (κ3) is 6.81. The smallest absolute Gasteiger partial charge is 0.0840 e. The molecule has 1 N–H and O–H groups in total. The highest BCUT2D eigenvalue weighted by atomic mass is 16.3. The van der Waals surface area contributed by atoms with Crippen LogP contribution in [0.3, 0.4) is 0 Å². The van der Waals surface area contributed by atoms with Gasteiger partial charge in [0.15, 0.2) is 0 Å². The third-order valence-corrected chi connectivity index (χ3v) is 5.05. The van der Waals surface area contributed by atoms with Crippen molar-refractivity contribution in [2.75, 3.05) is 0 Å². The lowest BCUT2D eigenvalue weighted by Gasteiger charge is -2.26. The Bertz CT molecular complexity index is 704. The Balaban J connectivity index is 0.00000176. The lowest BCUT2D eigenvalue weighted by atomic mass is 9.79. The molecule has 0 atom stereocenters. The van der Waals surface area contributed by atoms with E-state index >= 15 is 0 Å². The van der Waals surface area contributed by atoms with Gasteiger partial charge in [-0.15, -0.1) is 0 Å². The molecule has 1 nitrogen and oxygen atoms in total. The van der Waals surface area contributed by atoms with Crippen LogP contribution < -0.4 is 0 Å². The lowest BCUT2D eigenvalue weighted by Crippen LogP contribution is -2.16. The van der Waals surface area contributed by atoms with E-state index in [0.29, 0.717) is 5.41 Å². The van der Waals surface area contributed by atoms with Crippen molar-refractivity contribution in [1.82, 2.24) is 0 Å². The summed E-state index contributed by atoms with van der Waals surface area (Å²) < 4.78 is 0. The van der Waals surface area contributed by atoms with Crippen LogP contribution in [0.4, 0.5) is 0 Å². The molecule has 0 unspecified atom stereocenters. The van der Waals surface area contributed by atoms with Gasteiger partial charge in [-0.3, -0.25) is 0 Å². The predicted octanol–water partition coefficient (Wildman–Crippen LogP) is 7.54. The van der Waals surface area contributed by atoms with E-state index in [1.54, 1.807) is 0 Å². The molecule has 0 bridgehead atoms. The normalized spacial score (nSPS) is 11.7. The molecule has 27 heavy (non-hydrogen) atoms. The van der Waals surface area contributed by atoms with Crippen LogP contribution in [0, 0.1) is 5.41 Å². The van der Waals surface area contributed by atoms with Crippen LogP contribution in [0.15, 0.2) is 42.5 Å². The Morgan fingerprint density at radius 2 is 1.56 bits per heavy atom. The second-order valence-corrected chi connectivity index (χ2v) is 8.58. The van der Waals surface area contributed by atoms with Crippen molar-refractivity contribution in [3.63, 3.8) is 0 Å². The molecule has 2 aromatic carbocycles. The number of hydrogen-bond donors (Lipinski definition) is 1. The summed E-state index contributed by atoms with van der Waals surface area (Å²) in [4.78, 5) is 0. The maximum Gasteiger partial charge on any atom is 0.0840 e. The molecule has 0 aromatic heterocycles. The fraction of sp³-hybridized carbons (Fsp3) is 0.538. The van der Waals surface area contributed by atoms with E-state index in [1.165, 1.54) is 35.1 Å². The van der Waals surface area contributed by atoms with E-state index in [1.807, 2.05) is 33.8 Å². The van der Waals surface area contributed by atoms with Crippen molar-refractivity contribution in [3.05, 3.63) is 59.2 Å². The van der Waals surface area contributed by atoms with Crippen LogP contribution in [0.1, 0.15) is 84.9 Å². The molecule has 150 valence electrons. The molecule has 0 aliphatic rings. The van der Waals surface area contributed by atoms with Crippen LogP contribution >= 0.6 is 0 Å². The molecule has 0 saturated carbocycles. The summed E-state index contributed by atoms with van der Waals surface area (Å²) in [7, 11) is 0. The van der Waals surface area contributed by atoms with Crippen LogP contribution in [0.2, 0.25) is 0 Å². The van der Waals surface area contributed by atoms with Gasteiger partial charge < -0.3 is 5.11 Å². The first-order valence-corrected chi connectivity index (χ1v) is 10.6. The van der Waals surface area contributed by atoms with Crippen molar-refractivity contribution in [1.29, 1.82) is 0 Å². The van der Waals surface area contributed by atoms with Gasteiger partial charge in [0.1, 0.15) is 0 Å². The molecule has 0 spiro atoms. The molecular formula is C26H40O. The maximum absolute atomic E-state index is 10.4. The van der Waals surface area contributed by atoms with Crippen molar-refractivity contribution >= 4 is 0 Å². The zero-order valence-electron chi connectivity index (χ0n) is 18.8. The quantitative estimate of drug-likeness (QED) is 0.535. The molecule has 0 fully saturated rings. The highest BCUT2D eigenvalue weighted by molar-refractivity contribution is 5.69. The molecule has 0 saturated heterocycles. The van der Waals surface area contributed by atoms with Gasteiger partial charge in [0.25, 0.3) is 0 Å². The number of aryl methyl sites for hydroxylation is 1. The average molecular weight is 369 g/mol. The first-order chi connectivity index (χ1) is 12.7. The Morgan fingerprint density at radius 3 is 2.11 bits per heavy atom. The second-order valence-electron chi connectivity index (χ2n) is 8.58. The average Bonchev–Trinajstić information content (AvgIpc) is 2.62. The van der Waals surface area contributed by atoms with E-state index in [-0.39, 0.29) is 0 Å². The largest absolute Gasteiger partial charge is 0.386 e. The summed E-state index contributed by atoms with van der Waals surface area (Å²) in [5.74, 6) is 0. The van der Waals surface area contributed by atoms with Crippen molar-refractivity contribution in [2.45, 2.75) is 86.7 Å². The topological polar surface area (TPSA) is 20.2 Å². The lowest BCUT2D eigenvalue weighted by molar-refractivity contribution is 0.0786.